The summed E-state index contributed by atoms with van der Waals surface area (Å²) in [6.07, 6.45) is 2.03. The van der Waals surface area contributed by atoms with Crippen LogP contribution in [0.5, 0.6) is 0 Å². The Kier molecular flexibility index (Phi) is 6.42. The topological polar surface area (TPSA) is 41.6 Å². The first kappa shape index (κ1) is 18.6. The third kappa shape index (κ3) is 4.93. The number of nitrogens with zero attached hydrogens (tertiary/aromatic N) is 1. The summed E-state index contributed by atoms with van der Waals surface area (Å²) in [5.41, 5.74) is 3.21. The van der Waals surface area contributed by atoms with E-state index in [1.54, 1.807) is 7.11 Å². The maximum absolute atomic E-state index is 12.7. The number of nitrogens with one attached hydrogen (secondary N) is 1. The van der Waals surface area contributed by atoms with Crippen molar-refractivity contribution in [2.24, 2.45) is 5.92 Å². The molecule has 0 spiro atoms. The molecule has 1 fully saturated rings. The van der Waals surface area contributed by atoms with Gasteiger partial charge in [0.25, 0.3) is 0 Å². The Morgan fingerprint density at radius 2 is 2.04 bits per heavy atom. The van der Waals surface area contributed by atoms with E-state index in [1.807, 2.05) is 37.3 Å². The summed E-state index contributed by atoms with van der Waals surface area (Å²) in [7, 11) is 1.69. The second-order valence-corrected chi connectivity index (χ2v) is 7.05. The molecule has 138 valence electrons. The van der Waals surface area contributed by atoms with Crippen LogP contribution in [0.15, 0.2) is 54.6 Å². The lowest BCUT2D eigenvalue weighted by atomic mass is 9.96. The SMILES string of the molecule is COC(C)c1cccc(NC(=O)C2CCCN(Cc3ccccc3)C2)c1. The highest BCUT2D eigenvalue weighted by molar-refractivity contribution is 5.92. The summed E-state index contributed by atoms with van der Waals surface area (Å²) in [6.45, 7) is 4.78. The van der Waals surface area contributed by atoms with Crippen molar-refractivity contribution in [3.8, 4) is 0 Å². The van der Waals surface area contributed by atoms with E-state index in [-0.39, 0.29) is 17.9 Å². The average Bonchev–Trinajstić information content (AvgIpc) is 2.68. The number of anilines is 1. The smallest absolute Gasteiger partial charge is 0.228 e. The van der Waals surface area contributed by atoms with Crippen LogP contribution >= 0.6 is 0 Å². The Morgan fingerprint density at radius 3 is 2.81 bits per heavy atom. The number of hydrogen-bond donors (Lipinski definition) is 1. The number of hydrogen-bond acceptors (Lipinski definition) is 3. The van der Waals surface area contributed by atoms with Crippen molar-refractivity contribution in [2.75, 3.05) is 25.5 Å². The van der Waals surface area contributed by atoms with Gasteiger partial charge in [-0.05, 0) is 49.6 Å². The molecule has 26 heavy (non-hydrogen) atoms. The predicted molar refractivity (Wildman–Crippen MR) is 105 cm³/mol. The molecule has 4 heteroatoms. The highest BCUT2D eigenvalue weighted by Gasteiger charge is 2.26. The predicted octanol–water partition coefficient (Wildman–Crippen LogP) is 4.24. The molecule has 1 heterocycles. The van der Waals surface area contributed by atoms with Gasteiger partial charge in [-0.3, -0.25) is 9.69 Å². The molecular weight excluding hydrogens is 324 g/mol. The first-order chi connectivity index (χ1) is 12.7. The molecule has 2 aromatic carbocycles. The summed E-state index contributed by atoms with van der Waals surface area (Å²) < 4.78 is 5.36. The summed E-state index contributed by atoms with van der Waals surface area (Å²) in [4.78, 5) is 15.1. The van der Waals surface area contributed by atoms with Crippen molar-refractivity contribution in [1.82, 2.24) is 4.90 Å². The number of carbonyl (C=O) groups is 1. The molecule has 1 N–H and O–H groups in total. The number of benzene rings is 2. The normalized spacial score (nSPS) is 19.1. The Balaban J connectivity index is 1.59. The third-order valence-electron chi connectivity index (χ3n) is 5.10. The molecule has 2 atom stereocenters. The van der Waals surface area contributed by atoms with Crippen molar-refractivity contribution in [3.05, 3.63) is 65.7 Å². The van der Waals surface area contributed by atoms with Crippen molar-refractivity contribution < 1.29 is 9.53 Å². The van der Waals surface area contributed by atoms with Gasteiger partial charge in [0.2, 0.25) is 5.91 Å². The van der Waals surface area contributed by atoms with Crippen molar-refractivity contribution >= 4 is 11.6 Å². The zero-order chi connectivity index (χ0) is 18.4. The summed E-state index contributed by atoms with van der Waals surface area (Å²) in [6, 6.07) is 18.4. The molecule has 0 radical (unpaired) electrons. The highest BCUT2D eigenvalue weighted by Crippen LogP contribution is 2.23. The second-order valence-electron chi connectivity index (χ2n) is 7.05. The van der Waals surface area contributed by atoms with Crippen LogP contribution < -0.4 is 5.32 Å². The van der Waals surface area contributed by atoms with Gasteiger partial charge in [-0.25, -0.2) is 0 Å². The lowest BCUT2D eigenvalue weighted by Gasteiger charge is -2.32. The van der Waals surface area contributed by atoms with Gasteiger partial charge in [-0.15, -0.1) is 0 Å². The van der Waals surface area contributed by atoms with Crippen molar-refractivity contribution in [2.45, 2.75) is 32.4 Å². The minimum atomic E-state index is 0.0166. The molecule has 0 bridgehead atoms. The number of amides is 1. The van der Waals surface area contributed by atoms with E-state index in [0.29, 0.717) is 0 Å². The van der Waals surface area contributed by atoms with E-state index in [2.05, 4.69) is 34.5 Å². The van der Waals surface area contributed by atoms with Gasteiger partial charge in [-0.2, -0.15) is 0 Å². The molecular formula is C22H28N2O2. The van der Waals surface area contributed by atoms with Crippen LogP contribution in [-0.2, 0) is 16.1 Å². The van der Waals surface area contributed by atoms with Crippen LogP contribution in [0.1, 0.15) is 37.0 Å². The first-order valence-corrected chi connectivity index (χ1v) is 9.35. The van der Waals surface area contributed by atoms with E-state index in [9.17, 15) is 4.79 Å². The van der Waals surface area contributed by atoms with Crippen LogP contribution in [0, 0.1) is 5.92 Å². The third-order valence-corrected chi connectivity index (χ3v) is 5.10. The number of likely N-dealkylation sites (tertiary alicyclic amines) is 1. The van der Waals surface area contributed by atoms with Crippen LogP contribution in [0.3, 0.4) is 0 Å². The van der Waals surface area contributed by atoms with Gasteiger partial charge in [0.1, 0.15) is 0 Å². The molecule has 2 unspecified atom stereocenters. The van der Waals surface area contributed by atoms with Gasteiger partial charge in [0, 0.05) is 25.9 Å². The van der Waals surface area contributed by atoms with E-state index in [1.165, 1.54) is 5.56 Å². The molecule has 2 aromatic rings. The quantitative estimate of drug-likeness (QED) is 0.845. The number of carbonyl (C=O) groups excluding carboxylic acids is 1. The number of piperidine rings is 1. The standard InChI is InChI=1S/C22H28N2O2/c1-17(26-2)19-10-6-12-21(14-19)23-22(25)20-11-7-13-24(16-20)15-18-8-4-3-5-9-18/h3-6,8-10,12,14,17,20H,7,11,13,15-16H2,1-2H3,(H,23,25). The van der Waals surface area contributed by atoms with Crippen molar-refractivity contribution in [1.29, 1.82) is 0 Å². The Hall–Kier alpha value is -2.17. The van der Waals surface area contributed by atoms with Crippen molar-refractivity contribution in [3.63, 3.8) is 0 Å². The van der Waals surface area contributed by atoms with Crippen LogP contribution in [-0.4, -0.2) is 31.0 Å². The minimum Gasteiger partial charge on any atom is -0.377 e. The van der Waals surface area contributed by atoms with Crippen LogP contribution in [0.25, 0.3) is 0 Å². The van der Waals surface area contributed by atoms with Gasteiger partial charge in [0.05, 0.1) is 12.0 Å². The van der Waals surface area contributed by atoms with Gasteiger partial charge in [0.15, 0.2) is 0 Å². The van der Waals surface area contributed by atoms with Crippen LogP contribution in [0.2, 0.25) is 0 Å². The fourth-order valence-corrected chi connectivity index (χ4v) is 3.50. The molecule has 0 aliphatic carbocycles. The molecule has 1 aliphatic rings. The van der Waals surface area contributed by atoms with E-state index < -0.39 is 0 Å². The Bertz CT molecular complexity index is 717. The largest absolute Gasteiger partial charge is 0.377 e. The molecule has 1 amide bonds. The summed E-state index contributed by atoms with van der Waals surface area (Å²) >= 11 is 0. The molecule has 1 saturated heterocycles. The second kappa shape index (κ2) is 8.97. The molecule has 1 aliphatic heterocycles. The van der Waals surface area contributed by atoms with E-state index >= 15 is 0 Å². The Labute approximate surface area is 156 Å². The summed E-state index contributed by atoms with van der Waals surface area (Å²) in [5, 5.41) is 3.09. The van der Waals surface area contributed by atoms with Gasteiger partial charge < -0.3 is 10.1 Å². The molecule has 0 saturated carbocycles. The number of ether oxygens (including phenoxy) is 1. The maximum atomic E-state index is 12.7. The molecule has 0 aromatic heterocycles. The first-order valence-electron chi connectivity index (χ1n) is 9.35. The van der Waals surface area contributed by atoms with E-state index in [0.717, 1.165) is 43.7 Å². The zero-order valence-corrected chi connectivity index (χ0v) is 15.7. The molecule has 4 nitrogen and oxygen atoms in total. The minimum absolute atomic E-state index is 0.0166. The van der Waals surface area contributed by atoms with E-state index in [4.69, 9.17) is 4.74 Å². The average molecular weight is 352 g/mol. The lowest BCUT2D eigenvalue weighted by Crippen LogP contribution is -2.40. The number of methoxy groups -OCH3 is 1. The van der Waals surface area contributed by atoms with Gasteiger partial charge >= 0.3 is 0 Å². The lowest BCUT2D eigenvalue weighted by molar-refractivity contribution is -0.121. The number of rotatable bonds is 6. The zero-order valence-electron chi connectivity index (χ0n) is 15.7. The molecule has 3 rings (SSSR count). The fraction of sp³-hybridized carbons (Fsp3) is 0.409. The summed E-state index contributed by atoms with van der Waals surface area (Å²) in [5.74, 6) is 0.154. The van der Waals surface area contributed by atoms with Crippen LogP contribution in [0.4, 0.5) is 5.69 Å². The Morgan fingerprint density at radius 1 is 1.23 bits per heavy atom. The highest BCUT2D eigenvalue weighted by atomic mass is 16.5. The maximum Gasteiger partial charge on any atom is 0.228 e. The fourth-order valence-electron chi connectivity index (χ4n) is 3.50. The monoisotopic (exact) mass is 352 g/mol. The van der Waals surface area contributed by atoms with Gasteiger partial charge in [-0.1, -0.05) is 42.5 Å².